The number of ether oxygens (including phenoxy) is 2. The molecule has 0 saturated heterocycles. The van der Waals surface area contributed by atoms with Gasteiger partial charge in [0.2, 0.25) is 0 Å². The van der Waals surface area contributed by atoms with E-state index in [1.807, 2.05) is 6.07 Å². The Labute approximate surface area is 140 Å². The Bertz CT molecular complexity index is 762. The van der Waals surface area contributed by atoms with Crippen molar-refractivity contribution in [3.8, 4) is 11.5 Å². The Morgan fingerprint density at radius 3 is 2.75 bits per heavy atom. The number of amides is 1. The van der Waals surface area contributed by atoms with Crippen LogP contribution in [0.1, 0.15) is 27.4 Å². The molecular weight excluding hydrogens is 308 g/mol. The number of carbonyl (C=O) groups excluding carboxylic acids is 1. The zero-order valence-electron chi connectivity index (χ0n) is 14.0. The van der Waals surface area contributed by atoms with Gasteiger partial charge in [0.25, 0.3) is 5.91 Å². The molecular formula is C18H20N2O4. The van der Waals surface area contributed by atoms with Crippen LogP contribution in [0.25, 0.3) is 0 Å². The molecule has 0 aliphatic rings. The molecule has 0 fully saturated rings. The predicted octanol–water partition coefficient (Wildman–Crippen LogP) is 3.23. The predicted molar refractivity (Wildman–Crippen MR) is 91.9 cm³/mol. The van der Waals surface area contributed by atoms with Crippen LogP contribution in [0.15, 0.2) is 46.4 Å². The van der Waals surface area contributed by atoms with Crippen LogP contribution in [0.5, 0.6) is 11.5 Å². The van der Waals surface area contributed by atoms with Crippen LogP contribution in [0, 0.1) is 13.8 Å². The van der Waals surface area contributed by atoms with Gasteiger partial charge in [0.15, 0.2) is 11.5 Å². The van der Waals surface area contributed by atoms with E-state index in [0.717, 1.165) is 5.56 Å². The van der Waals surface area contributed by atoms with Crippen LogP contribution in [-0.2, 0) is 0 Å². The third-order valence-corrected chi connectivity index (χ3v) is 3.21. The molecule has 1 N–H and O–H groups in total. The number of rotatable bonds is 7. The summed E-state index contributed by atoms with van der Waals surface area (Å²) in [6.45, 7) is 7.52. The van der Waals surface area contributed by atoms with Crippen molar-refractivity contribution in [2.75, 3.05) is 13.7 Å². The lowest BCUT2D eigenvalue weighted by molar-refractivity contribution is 0.0953. The Morgan fingerprint density at radius 1 is 1.33 bits per heavy atom. The van der Waals surface area contributed by atoms with Crippen molar-refractivity contribution in [1.29, 1.82) is 0 Å². The Hall–Kier alpha value is -3.02. The van der Waals surface area contributed by atoms with E-state index in [1.165, 1.54) is 6.21 Å². The lowest BCUT2D eigenvalue weighted by atomic mass is 10.2. The van der Waals surface area contributed by atoms with Crippen LogP contribution >= 0.6 is 0 Å². The summed E-state index contributed by atoms with van der Waals surface area (Å²) in [5.74, 6) is 2.11. The number of carbonyl (C=O) groups is 1. The average molecular weight is 328 g/mol. The van der Waals surface area contributed by atoms with Crippen molar-refractivity contribution in [3.05, 3.63) is 59.6 Å². The zero-order valence-corrected chi connectivity index (χ0v) is 14.0. The number of aryl methyl sites for hydroxylation is 2. The molecule has 0 bridgehead atoms. The molecule has 24 heavy (non-hydrogen) atoms. The van der Waals surface area contributed by atoms with E-state index in [-0.39, 0.29) is 5.91 Å². The monoisotopic (exact) mass is 328 g/mol. The number of hydrazone groups is 1. The summed E-state index contributed by atoms with van der Waals surface area (Å²) in [6.07, 6.45) is 3.18. The molecule has 0 aliphatic carbocycles. The molecule has 6 nitrogen and oxygen atoms in total. The Kier molecular flexibility index (Phi) is 5.78. The van der Waals surface area contributed by atoms with Gasteiger partial charge in [-0.05, 0) is 43.7 Å². The fraction of sp³-hybridized carbons (Fsp3) is 0.222. The molecule has 0 atom stereocenters. The van der Waals surface area contributed by atoms with Crippen LogP contribution in [0.3, 0.4) is 0 Å². The summed E-state index contributed by atoms with van der Waals surface area (Å²) in [5.41, 5.74) is 3.70. The van der Waals surface area contributed by atoms with E-state index in [2.05, 4.69) is 17.1 Å². The molecule has 1 amide bonds. The first-order valence-corrected chi connectivity index (χ1v) is 7.37. The number of nitrogens with one attached hydrogen (secondary N) is 1. The second kappa shape index (κ2) is 8.01. The minimum absolute atomic E-state index is 0.321. The summed E-state index contributed by atoms with van der Waals surface area (Å²) >= 11 is 0. The maximum absolute atomic E-state index is 12.0. The van der Waals surface area contributed by atoms with E-state index in [1.54, 1.807) is 45.2 Å². The van der Waals surface area contributed by atoms with Gasteiger partial charge in [-0.3, -0.25) is 4.79 Å². The third kappa shape index (κ3) is 4.25. The van der Waals surface area contributed by atoms with Crippen molar-refractivity contribution >= 4 is 12.1 Å². The molecule has 6 heteroatoms. The van der Waals surface area contributed by atoms with E-state index in [4.69, 9.17) is 13.9 Å². The van der Waals surface area contributed by atoms with Gasteiger partial charge < -0.3 is 13.9 Å². The maximum atomic E-state index is 12.0. The van der Waals surface area contributed by atoms with E-state index in [9.17, 15) is 4.79 Å². The molecule has 0 saturated carbocycles. The maximum Gasteiger partial charge on any atom is 0.274 e. The molecule has 1 heterocycles. The summed E-state index contributed by atoms with van der Waals surface area (Å²) in [5, 5.41) is 3.96. The number of methoxy groups -OCH3 is 1. The molecule has 0 spiro atoms. The molecule has 1 aromatic heterocycles. The van der Waals surface area contributed by atoms with Crippen LogP contribution in [0.4, 0.5) is 0 Å². The van der Waals surface area contributed by atoms with Gasteiger partial charge in [0, 0.05) is 0 Å². The average Bonchev–Trinajstić information content (AvgIpc) is 2.91. The van der Waals surface area contributed by atoms with Gasteiger partial charge in [-0.1, -0.05) is 12.7 Å². The van der Waals surface area contributed by atoms with Crippen LogP contribution in [0.2, 0.25) is 0 Å². The van der Waals surface area contributed by atoms with Crippen LogP contribution < -0.4 is 14.9 Å². The first-order chi connectivity index (χ1) is 11.5. The first kappa shape index (κ1) is 17.3. The normalized spacial score (nSPS) is 10.6. The first-order valence-electron chi connectivity index (χ1n) is 7.37. The molecule has 0 radical (unpaired) electrons. The third-order valence-electron chi connectivity index (χ3n) is 3.21. The summed E-state index contributed by atoms with van der Waals surface area (Å²) < 4.78 is 16.1. The van der Waals surface area contributed by atoms with E-state index in [0.29, 0.717) is 35.2 Å². The summed E-state index contributed by atoms with van der Waals surface area (Å²) in [7, 11) is 1.56. The number of hydrogen-bond acceptors (Lipinski definition) is 5. The smallest absolute Gasteiger partial charge is 0.274 e. The SMILES string of the molecule is C=CCOc1ccc(/C=N\NC(=O)c2cc(C)oc2C)cc1OC. The van der Waals surface area contributed by atoms with Gasteiger partial charge in [-0.15, -0.1) is 0 Å². The topological polar surface area (TPSA) is 73.1 Å². The molecule has 2 rings (SSSR count). The van der Waals surface area contributed by atoms with E-state index < -0.39 is 0 Å². The minimum Gasteiger partial charge on any atom is -0.493 e. The number of benzene rings is 1. The van der Waals surface area contributed by atoms with Crippen molar-refractivity contribution in [1.82, 2.24) is 5.43 Å². The molecule has 0 unspecified atom stereocenters. The standard InChI is InChI=1S/C18H20N2O4/c1-5-8-23-16-7-6-14(10-17(16)22-4)11-19-20-18(21)15-9-12(2)24-13(15)3/h5-7,9-11H,1,8H2,2-4H3,(H,20,21)/b19-11-. The van der Waals surface area contributed by atoms with Crippen molar-refractivity contribution in [2.24, 2.45) is 5.10 Å². The number of hydrogen-bond donors (Lipinski definition) is 1. The quantitative estimate of drug-likeness (QED) is 0.481. The van der Waals surface area contributed by atoms with Crippen molar-refractivity contribution < 1.29 is 18.7 Å². The lowest BCUT2D eigenvalue weighted by Crippen LogP contribution is -2.17. The zero-order chi connectivity index (χ0) is 17.5. The van der Waals surface area contributed by atoms with Gasteiger partial charge in [0.05, 0.1) is 18.9 Å². The highest BCUT2D eigenvalue weighted by atomic mass is 16.5. The summed E-state index contributed by atoms with van der Waals surface area (Å²) in [4.78, 5) is 12.0. The highest BCUT2D eigenvalue weighted by Crippen LogP contribution is 2.27. The van der Waals surface area contributed by atoms with Gasteiger partial charge >= 0.3 is 0 Å². The molecule has 2 aromatic rings. The van der Waals surface area contributed by atoms with Crippen LogP contribution in [-0.4, -0.2) is 25.8 Å². The molecule has 0 aliphatic heterocycles. The second-order valence-corrected chi connectivity index (χ2v) is 5.04. The minimum atomic E-state index is -0.321. The van der Waals surface area contributed by atoms with E-state index >= 15 is 0 Å². The summed E-state index contributed by atoms with van der Waals surface area (Å²) in [6, 6.07) is 7.02. The Balaban J connectivity index is 2.04. The fourth-order valence-electron chi connectivity index (χ4n) is 2.11. The highest BCUT2D eigenvalue weighted by molar-refractivity contribution is 5.95. The van der Waals surface area contributed by atoms with Gasteiger partial charge in [-0.2, -0.15) is 5.10 Å². The number of furan rings is 1. The number of nitrogens with zero attached hydrogens (tertiary/aromatic N) is 1. The van der Waals surface area contributed by atoms with Crippen molar-refractivity contribution in [2.45, 2.75) is 13.8 Å². The molecule has 126 valence electrons. The second-order valence-electron chi connectivity index (χ2n) is 5.04. The van der Waals surface area contributed by atoms with Crippen molar-refractivity contribution in [3.63, 3.8) is 0 Å². The Morgan fingerprint density at radius 2 is 2.12 bits per heavy atom. The lowest BCUT2D eigenvalue weighted by Gasteiger charge is -2.09. The highest BCUT2D eigenvalue weighted by Gasteiger charge is 2.12. The fourth-order valence-corrected chi connectivity index (χ4v) is 2.11. The van der Waals surface area contributed by atoms with Gasteiger partial charge in [0.1, 0.15) is 18.1 Å². The van der Waals surface area contributed by atoms with Gasteiger partial charge in [-0.25, -0.2) is 5.43 Å². The largest absolute Gasteiger partial charge is 0.493 e. The molecule has 1 aromatic carbocycles.